The number of pyridine rings is 1. The number of ether oxygens (including phenoxy) is 1. The average molecular weight is 455 g/mol. The molecule has 4 rings (SSSR count). The van der Waals surface area contributed by atoms with Crippen LogP contribution >= 0.6 is 0 Å². The minimum absolute atomic E-state index is 0.0272. The largest absolute Gasteiger partial charge is 0.378 e. The van der Waals surface area contributed by atoms with Crippen LogP contribution in [-0.2, 0) is 14.8 Å². The Balaban J connectivity index is 1.65. The molecule has 0 aliphatic carbocycles. The van der Waals surface area contributed by atoms with E-state index in [1.165, 1.54) is 13.3 Å². The molecule has 0 saturated carbocycles. The van der Waals surface area contributed by atoms with Crippen molar-refractivity contribution in [2.75, 3.05) is 35.9 Å². The monoisotopic (exact) mass is 454 g/mol. The highest BCUT2D eigenvalue weighted by molar-refractivity contribution is 7.92. The zero-order valence-electron chi connectivity index (χ0n) is 17.9. The Morgan fingerprint density at radius 1 is 1.03 bits per heavy atom. The van der Waals surface area contributed by atoms with Crippen LogP contribution in [0.2, 0.25) is 0 Å². The van der Waals surface area contributed by atoms with E-state index in [9.17, 15) is 8.42 Å². The Hall–Kier alpha value is -3.49. The number of aryl methyl sites for hydroxylation is 3. The van der Waals surface area contributed by atoms with Gasteiger partial charge in [-0.25, -0.2) is 18.4 Å². The molecule has 0 spiro atoms. The maximum absolute atomic E-state index is 12.7. The van der Waals surface area contributed by atoms with Gasteiger partial charge >= 0.3 is 0 Å². The number of rotatable bonds is 4. The molecule has 1 fully saturated rings. The predicted octanol–water partition coefficient (Wildman–Crippen LogP) is 1.82. The molecule has 1 N–H and O–H groups in total. The summed E-state index contributed by atoms with van der Waals surface area (Å²) in [6.45, 7) is 7.84. The van der Waals surface area contributed by atoms with Crippen molar-refractivity contribution < 1.29 is 17.7 Å². The summed E-state index contributed by atoms with van der Waals surface area (Å²) in [5, 5.41) is 3.53. The van der Waals surface area contributed by atoms with Crippen LogP contribution in [0.5, 0.6) is 0 Å². The number of nitrogens with zero attached hydrogens (tertiary/aromatic N) is 5. The van der Waals surface area contributed by atoms with E-state index >= 15 is 0 Å². The van der Waals surface area contributed by atoms with Crippen LogP contribution in [-0.4, -0.2) is 54.8 Å². The predicted molar refractivity (Wildman–Crippen MR) is 117 cm³/mol. The van der Waals surface area contributed by atoms with Crippen LogP contribution in [0.15, 0.2) is 34.2 Å². The fraction of sp³-hybridized carbons (Fsp3) is 0.333. The zero-order chi connectivity index (χ0) is 22.7. The fourth-order valence-electron chi connectivity index (χ4n) is 3.21. The molecular weight excluding hydrogens is 432 g/mol. The standard InChI is InChI=1S/C21H22N6O4S/c1-14-18(21(24-13-23-14)27-6-8-30-9-7-27)5-4-17-10-19(15(2)22-11-17)26-32(28,29)20-12-25-31-16(20)3/h10-13,26H,6-9H2,1-3H3. The fourth-order valence-corrected chi connectivity index (χ4v) is 4.41. The zero-order valence-corrected chi connectivity index (χ0v) is 18.7. The lowest BCUT2D eigenvalue weighted by atomic mass is 10.1. The van der Waals surface area contributed by atoms with Crippen LogP contribution in [0.3, 0.4) is 0 Å². The molecule has 0 aromatic carbocycles. The van der Waals surface area contributed by atoms with Crippen LogP contribution in [0.1, 0.15) is 28.3 Å². The minimum Gasteiger partial charge on any atom is -0.378 e. The van der Waals surface area contributed by atoms with E-state index in [4.69, 9.17) is 9.26 Å². The van der Waals surface area contributed by atoms with E-state index in [1.54, 1.807) is 19.2 Å². The van der Waals surface area contributed by atoms with Gasteiger partial charge in [0.2, 0.25) is 0 Å². The lowest BCUT2D eigenvalue weighted by Gasteiger charge is -2.28. The normalized spacial score (nSPS) is 14.0. The van der Waals surface area contributed by atoms with Crippen LogP contribution < -0.4 is 9.62 Å². The van der Waals surface area contributed by atoms with E-state index in [1.807, 2.05) is 6.92 Å². The smallest absolute Gasteiger partial charge is 0.267 e. The number of anilines is 2. The Labute approximate surface area is 186 Å². The van der Waals surface area contributed by atoms with Crippen molar-refractivity contribution in [1.82, 2.24) is 20.1 Å². The summed E-state index contributed by atoms with van der Waals surface area (Å²) in [6.07, 6.45) is 4.28. The van der Waals surface area contributed by atoms with Crippen molar-refractivity contribution in [2.24, 2.45) is 0 Å². The average Bonchev–Trinajstić information content (AvgIpc) is 3.22. The number of morpholine rings is 1. The molecule has 32 heavy (non-hydrogen) atoms. The Bertz CT molecular complexity index is 1300. The van der Waals surface area contributed by atoms with Crippen molar-refractivity contribution in [3.63, 3.8) is 0 Å². The van der Waals surface area contributed by atoms with Gasteiger partial charge in [-0.3, -0.25) is 9.71 Å². The summed E-state index contributed by atoms with van der Waals surface area (Å²) in [5.41, 5.74) is 2.87. The van der Waals surface area contributed by atoms with E-state index in [-0.39, 0.29) is 10.7 Å². The second-order valence-corrected chi connectivity index (χ2v) is 8.87. The minimum atomic E-state index is -3.87. The Morgan fingerprint density at radius 3 is 2.53 bits per heavy atom. The van der Waals surface area contributed by atoms with Crippen LogP contribution in [0.4, 0.5) is 11.5 Å². The lowest BCUT2D eigenvalue weighted by Crippen LogP contribution is -2.37. The van der Waals surface area contributed by atoms with Gasteiger partial charge < -0.3 is 14.2 Å². The molecule has 4 heterocycles. The maximum atomic E-state index is 12.7. The molecule has 166 valence electrons. The first-order chi connectivity index (χ1) is 15.3. The molecular formula is C21H22N6O4S. The summed E-state index contributed by atoms with van der Waals surface area (Å²) < 4.78 is 38.2. The number of aromatic nitrogens is 4. The summed E-state index contributed by atoms with van der Waals surface area (Å²) in [4.78, 5) is 15.1. The molecule has 1 aliphatic heterocycles. The summed E-state index contributed by atoms with van der Waals surface area (Å²) in [7, 11) is -3.87. The second-order valence-electron chi connectivity index (χ2n) is 7.22. The first kappa shape index (κ1) is 21.7. The summed E-state index contributed by atoms with van der Waals surface area (Å²) in [6, 6.07) is 1.64. The molecule has 1 aliphatic rings. The molecule has 11 heteroatoms. The van der Waals surface area contributed by atoms with Gasteiger partial charge in [0.1, 0.15) is 17.0 Å². The Morgan fingerprint density at radius 2 is 1.81 bits per heavy atom. The molecule has 1 saturated heterocycles. The van der Waals surface area contributed by atoms with Gasteiger partial charge in [0.25, 0.3) is 10.0 Å². The molecule has 0 amide bonds. The van der Waals surface area contributed by atoms with Crippen molar-refractivity contribution in [3.05, 3.63) is 53.1 Å². The van der Waals surface area contributed by atoms with E-state index in [0.717, 1.165) is 36.4 Å². The van der Waals surface area contributed by atoms with Crippen LogP contribution in [0, 0.1) is 32.6 Å². The molecule has 10 nitrogen and oxygen atoms in total. The van der Waals surface area contributed by atoms with E-state index in [2.05, 4.69) is 41.6 Å². The summed E-state index contributed by atoms with van der Waals surface area (Å²) in [5.74, 6) is 7.17. The lowest BCUT2D eigenvalue weighted by molar-refractivity contribution is 0.122. The van der Waals surface area contributed by atoms with Gasteiger partial charge in [-0.1, -0.05) is 17.0 Å². The summed E-state index contributed by atoms with van der Waals surface area (Å²) >= 11 is 0. The SMILES string of the molecule is Cc1ncc(C#Cc2c(C)ncnc2N2CCOCC2)cc1NS(=O)(=O)c1cnoc1C. The third kappa shape index (κ3) is 4.56. The quantitative estimate of drug-likeness (QED) is 0.588. The van der Waals surface area contributed by atoms with Gasteiger partial charge in [0.05, 0.1) is 42.0 Å². The topological polar surface area (TPSA) is 123 Å². The molecule has 3 aromatic rings. The molecule has 0 radical (unpaired) electrons. The molecule has 0 bridgehead atoms. The number of hydrogen-bond acceptors (Lipinski definition) is 9. The van der Waals surface area contributed by atoms with E-state index in [0.29, 0.717) is 30.2 Å². The Kier molecular flexibility index (Phi) is 6.07. The van der Waals surface area contributed by atoms with E-state index < -0.39 is 10.0 Å². The number of nitrogens with one attached hydrogen (secondary N) is 1. The van der Waals surface area contributed by atoms with Gasteiger partial charge in [-0.2, -0.15) is 0 Å². The van der Waals surface area contributed by atoms with Gasteiger partial charge in [-0.15, -0.1) is 0 Å². The third-order valence-electron chi connectivity index (χ3n) is 4.99. The van der Waals surface area contributed by atoms with Crippen molar-refractivity contribution >= 4 is 21.5 Å². The van der Waals surface area contributed by atoms with Crippen molar-refractivity contribution in [3.8, 4) is 11.8 Å². The number of sulfonamides is 1. The first-order valence-corrected chi connectivity index (χ1v) is 11.4. The molecule has 0 atom stereocenters. The molecule has 0 unspecified atom stereocenters. The van der Waals surface area contributed by atoms with Gasteiger partial charge in [0, 0.05) is 24.8 Å². The van der Waals surface area contributed by atoms with Gasteiger partial charge in [-0.05, 0) is 26.8 Å². The first-order valence-electron chi connectivity index (χ1n) is 9.92. The highest BCUT2D eigenvalue weighted by Gasteiger charge is 2.21. The van der Waals surface area contributed by atoms with Crippen LogP contribution in [0.25, 0.3) is 0 Å². The van der Waals surface area contributed by atoms with Crippen molar-refractivity contribution in [1.29, 1.82) is 0 Å². The van der Waals surface area contributed by atoms with Gasteiger partial charge in [0.15, 0.2) is 5.76 Å². The molecule has 3 aromatic heterocycles. The van der Waals surface area contributed by atoms with Crippen molar-refractivity contribution in [2.45, 2.75) is 25.7 Å². The number of hydrogen-bond donors (Lipinski definition) is 1. The highest BCUT2D eigenvalue weighted by atomic mass is 32.2. The highest BCUT2D eigenvalue weighted by Crippen LogP contribution is 2.22. The maximum Gasteiger partial charge on any atom is 0.267 e. The second kappa shape index (κ2) is 8.94. The third-order valence-corrected chi connectivity index (χ3v) is 6.45.